The second-order valence-corrected chi connectivity index (χ2v) is 7.80. The number of carbonyl (C=O) groups excluding carboxylic acids is 1. The van der Waals surface area contributed by atoms with Crippen LogP contribution in [-0.4, -0.2) is 31.6 Å². The zero-order chi connectivity index (χ0) is 15.5. The third-order valence-corrected chi connectivity index (χ3v) is 5.74. The summed E-state index contributed by atoms with van der Waals surface area (Å²) in [4.78, 5) is 12.3. The van der Waals surface area contributed by atoms with Crippen molar-refractivity contribution in [2.45, 2.75) is 44.4 Å². The van der Waals surface area contributed by atoms with Gasteiger partial charge in [0.05, 0.1) is 4.90 Å². The monoisotopic (exact) mass is 309 g/mol. The molecule has 0 spiro atoms. The van der Waals surface area contributed by atoms with Crippen LogP contribution in [0.3, 0.4) is 0 Å². The van der Waals surface area contributed by atoms with Gasteiger partial charge in [0.25, 0.3) is 0 Å². The maximum Gasteiger partial charge on any atom is 0.243 e. The van der Waals surface area contributed by atoms with Crippen molar-refractivity contribution in [1.82, 2.24) is 4.31 Å². The minimum Gasteiger partial charge on any atom is -0.294 e. The van der Waals surface area contributed by atoms with Crippen LogP contribution in [0.2, 0.25) is 0 Å². The summed E-state index contributed by atoms with van der Waals surface area (Å²) in [7, 11) is -3.49. The molecule has 1 aliphatic heterocycles. The Morgan fingerprint density at radius 3 is 2.29 bits per heavy atom. The van der Waals surface area contributed by atoms with E-state index in [1.165, 1.54) is 6.07 Å². The first-order valence-electron chi connectivity index (χ1n) is 7.57. The fourth-order valence-electron chi connectivity index (χ4n) is 2.57. The van der Waals surface area contributed by atoms with Crippen molar-refractivity contribution in [3.63, 3.8) is 0 Å². The summed E-state index contributed by atoms with van der Waals surface area (Å²) >= 11 is 0. The van der Waals surface area contributed by atoms with E-state index in [0.717, 1.165) is 25.7 Å². The summed E-state index contributed by atoms with van der Waals surface area (Å²) in [5, 5.41) is 0. The van der Waals surface area contributed by atoms with Crippen molar-refractivity contribution in [1.29, 1.82) is 0 Å². The van der Waals surface area contributed by atoms with E-state index in [0.29, 0.717) is 18.7 Å². The number of hydrogen-bond donors (Lipinski definition) is 0. The average Bonchev–Trinajstić information content (AvgIpc) is 2.76. The van der Waals surface area contributed by atoms with Crippen LogP contribution in [0, 0.1) is 5.92 Å². The zero-order valence-electron chi connectivity index (χ0n) is 12.7. The molecular formula is C16H23NO3S. The lowest BCUT2D eigenvalue weighted by atomic mass is 10.0. The van der Waals surface area contributed by atoms with Crippen LogP contribution in [0.1, 0.15) is 49.9 Å². The lowest BCUT2D eigenvalue weighted by Gasteiger charge is -2.20. The molecule has 0 N–H and O–H groups in total. The second kappa shape index (κ2) is 6.71. The van der Waals surface area contributed by atoms with Crippen molar-refractivity contribution in [2.75, 3.05) is 13.1 Å². The number of sulfonamides is 1. The van der Waals surface area contributed by atoms with Gasteiger partial charge in [-0.2, -0.15) is 4.31 Å². The Kier molecular flexibility index (Phi) is 5.17. The van der Waals surface area contributed by atoms with Gasteiger partial charge in [-0.05, 0) is 25.0 Å². The van der Waals surface area contributed by atoms with Gasteiger partial charge in [0.1, 0.15) is 0 Å². The summed E-state index contributed by atoms with van der Waals surface area (Å²) in [5.41, 5.74) is 0.473. The minimum atomic E-state index is -3.49. The van der Waals surface area contributed by atoms with E-state index in [1.807, 2.05) is 13.8 Å². The molecule has 0 aromatic heterocycles. The van der Waals surface area contributed by atoms with Gasteiger partial charge in [0.2, 0.25) is 10.0 Å². The molecule has 0 unspecified atom stereocenters. The molecule has 0 amide bonds. The van der Waals surface area contributed by atoms with Gasteiger partial charge in [-0.25, -0.2) is 8.42 Å². The molecule has 0 aliphatic carbocycles. The van der Waals surface area contributed by atoms with Crippen molar-refractivity contribution in [3.05, 3.63) is 29.8 Å². The van der Waals surface area contributed by atoms with Gasteiger partial charge in [-0.15, -0.1) is 0 Å². The van der Waals surface area contributed by atoms with Gasteiger partial charge in [0, 0.05) is 24.6 Å². The number of Topliss-reactive ketones (excluding diaryl/α,β-unsaturated/α-hetero) is 1. The number of hydrogen-bond acceptors (Lipinski definition) is 3. The molecule has 2 rings (SSSR count). The Labute approximate surface area is 127 Å². The quantitative estimate of drug-likeness (QED) is 0.803. The maximum absolute atomic E-state index is 12.7. The molecule has 1 aromatic rings. The van der Waals surface area contributed by atoms with E-state index in [2.05, 4.69) is 0 Å². The van der Waals surface area contributed by atoms with E-state index in [1.54, 1.807) is 22.5 Å². The van der Waals surface area contributed by atoms with Crippen molar-refractivity contribution in [3.8, 4) is 0 Å². The highest BCUT2D eigenvalue weighted by atomic mass is 32.2. The van der Waals surface area contributed by atoms with Gasteiger partial charge in [0.15, 0.2) is 5.78 Å². The van der Waals surface area contributed by atoms with Gasteiger partial charge in [-0.3, -0.25) is 4.79 Å². The molecule has 0 atom stereocenters. The smallest absolute Gasteiger partial charge is 0.243 e. The summed E-state index contributed by atoms with van der Waals surface area (Å²) in [6.45, 7) is 4.78. The molecule has 116 valence electrons. The largest absolute Gasteiger partial charge is 0.294 e. The van der Waals surface area contributed by atoms with E-state index in [-0.39, 0.29) is 16.6 Å². The lowest BCUT2D eigenvalue weighted by molar-refractivity contribution is 0.0939. The molecule has 1 fully saturated rings. The van der Waals surface area contributed by atoms with Crippen LogP contribution < -0.4 is 0 Å². The average molecular weight is 309 g/mol. The topological polar surface area (TPSA) is 54.5 Å². The first-order chi connectivity index (χ1) is 9.93. The molecular weight excluding hydrogens is 286 g/mol. The van der Waals surface area contributed by atoms with Gasteiger partial charge in [-0.1, -0.05) is 38.8 Å². The number of rotatable bonds is 4. The Morgan fingerprint density at radius 1 is 1.10 bits per heavy atom. The number of benzene rings is 1. The Morgan fingerprint density at radius 2 is 1.71 bits per heavy atom. The van der Waals surface area contributed by atoms with Crippen molar-refractivity contribution < 1.29 is 13.2 Å². The first-order valence-corrected chi connectivity index (χ1v) is 9.01. The lowest BCUT2D eigenvalue weighted by Crippen LogP contribution is -2.32. The van der Waals surface area contributed by atoms with Crippen LogP contribution in [0.5, 0.6) is 0 Å². The molecule has 5 heteroatoms. The normalized spacial score (nSPS) is 17.7. The molecule has 1 aliphatic rings. The molecule has 1 saturated heterocycles. The standard InChI is InChI=1S/C16H23NO3S/c1-13(2)16(18)14-8-7-9-15(12-14)21(19,20)17-10-5-3-4-6-11-17/h7-9,12-13H,3-6,10-11H2,1-2H3. The highest BCUT2D eigenvalue weighted by Gasteiger charge is 2.25. The van der Waals surface area contributed by atoms with E-state index < -0.39 is 10.0 Å². The first kappa shape index (κ1) is 16.2. The third-order valence-electron chi connectivity index (χ3n) is 3.85. The summed E-state index contributed by atoms with van der Waals surface area (Å²) < 4.78 is 27.0. The fourth-order valence-corrected chi connectivity index (χ4v) is 4.14. The molecule has 4 nitrogen and oxygen atoms in total. The van der Waals surface area contributed by atoms with E-state index in [9.17, 15) is 13.2 Å². The Hall–Kier alpha value is -1.20. The van der Waals surface area contributed by atoms with Crippen molar-refractivity contribution in [2.24, 2.45) is 5.92 Å². The van der Waals surface area contributed by atoms with Crippen LogP contribution in [-0.2, 0) is 10.0 Å². The predicted octanol–water partition coefficient (Wildman–Crippen LogP) is 3.09. The van der Waals surface area contributed by atoms with E-state index >= 15 is 0 Å². The second-order valence-electron chi connectivity index (χ2n) is 5.87. The van der Waals surface area contributed by atoms with Gasteiger partial charge >= 0.3 is 0 Å². The summed E-state index contributed by atoms with van der Waals surface area (Å²) in [5.74, 6) is -0.163. The molecule has 1 heterocycles. The zero-order valence-corrected chi connectivity index (χ0v) is 13.5. The SMILES string of the molecule is CC(C)C(=O)c1cccc(S(=O)(=O)N2CCCCCC2)c1. The van der Waals surface area contributed by atoms with Crippen LogP contribution in [0.4, 0.5) is 0 Å². The molecule has 0 radical (unpaired) electrons. The Balaban J connectivity index is 2.31. The minimum absolute atomic E-state index is 0.0251. The summed E-state index contributed by atoms with van der Waals surface area (Å²) in [6.07, 6.45) is 3.98. The van der Waals surface area contributed by atoms with Gasteiger partial charge < -0.3 is 0 Å². The number of carbonyl (C=O) groups is 1. The molecule has 21 heavy (non-hydrogen) atoms. The van der Waals surface area contributed by atoms with Crippen molar-refractivity contribution >= 4 is 15.8 Å². The number of nitrogens with zero attached hydrogens (tertiary/aromatic N) is 1. The van der Waals surface area contributed by atoms with Crippen LogP contribution >= 0.6 is 0 Å². The van der Waals surface area contributed by atoms with Crippen LogP contribution in [0.25, 0.3) is 0 Å². The third kappa shape index (κ3) is 3.71. The highest BCUT2D eigenvalue weighted by Crippen LogP contribution is 2.22. The predicted molar refractivity (Wildman–Crippen MR) is 82.8 cm³/mol. The highest BCUT2D eigenvalue weighted by molar-refractivity contribution is 7.89. The fraction of sp³-hybridized carbons (Fsp3) is 0.562. The Bertz CT molecular complexity index is 600. The molecule has 0 saturated carbocycles. The molecule has 1 aromatic carbocycles. The maximum atomic E-state index is 12.7. The summed E-state index contributed by atoms with van der Waals surface area (Å²) in [6, 6.07) is 6.43. The van der Waals surface area contributed by atoms with Crippen LogP contribution in [0.15, 0.2) is 29.2 Å². The molecule has 0 bridgehead atoms. The van der Waals surface area contributed by atoms with E-state index in [4.69, 9.17) is 0 Å². The number of ketones is 1.